The largest absolute Gasteiger partial charge is 0.342 e. The first-order valence-electron chi connectivity index (χ1n) is 10.8. The van der Waals surface area contributed by atoms with Gasteiger partial charge < -0.3 is 4.57 Å². The van der Waals surface area contributed by atoms with Gasteiger partial charge in [0.1, 0.15) is 0 Å². The molecule has 0 spiro atoms. The fourth-order valence-corrected chi connectivity index (χ4v) is 5.58. The summed E-state index contributed by atoms with van der Waals surface area (Å²) in [5, 5.41) is 15.8. The lowest BCUT2D eigenvalue weighted by atomic mass is 9.85. The number of carbonyl (C=O) groups excluding carboxylic acids is 2. The molecular formula is C26H20N4O2. The molecule has 2 fully saturated rings. The highest BCUT2D eigenvalue weighted by molar-refractivity contribution is 6.07. The average molecular weight is 420 g/mol. The number of hydrazone groups is 1. The first-order valence-corrected chi connectivity index (χ1v) is 10.8. The zero-order valence-electron chi connectivity index (χ0n) is 17.3. The zero-order valence-corrected chi connectivity index (χ0v) is 17.3. The maximum Gasteiger partial charge on any atom is 0.254 e. The summed E-state index contributed by atoms with van der Waals surface area (Å²) in [6.45, 7) is 0.541. The molecule has 1 saturated carbocycles. The number of hydrogen-bond acceptors (Lipinski definition) is 4. The lowest BCUT2D eigenvalue weighted by Crippen LogP contribution is -2.28. The Morgan fingerprint density at radius 3 is 2.44 bits per heavy atom. The first kappa shape index (κ1) is 18.8. The number of nitriles is 1. The van der Waals surface area contributed by atoms with Crippen molar-refractivity contribution >= 4 is 28.9 Å². The van der Waals surface area contributed by atoms with Crippen LogP contribution in [0.1, 0.15) is 23.1 Å². The molecule has 2 bridgehead atoms. The van der Waals surface area contributed by atoms with E-state index in [4.69, 9.17) is 0 Å². The number of allylic oxidation sites excluding steroid dienone is 2. The topological polar surface area (TPSA) is 78.5 Å². The van der Waals surface area contributed by atoms with Crippen molar-refractivity contribution in [1.29, 1.82) is 5.26 Å². The van der Waals surface area contributed by atoms with Crippen LogP contribution < -0.4 is 0 Å². The molecule has 4 atom stereocenters. The molecule has 3 aromatic rings. The van der Waals surface area contributed by atoms with Gasteiger partial charge in [0.25, 0.3) is 11.8 Å². The van der Waals surface area contributed by atoms with Crippen LogP contribution in [0.3, 0.4) is 0 Å². The number of aromatic nitrogens is 1. The smallest absolute Gasteiger partial charge is 0.254 e. The average Bonchev–Trinajstić information content (AvgIpc) is 3.57. The molecule has 0 radical (unpaired) electrons. The van der Waals surface area contributed by atoms with Crippen LogP contribution in [0.5, 0.6) is 0 Å². The predicted molar refractivity (Wildman–Crippen MR) is 119 cm³/mol. The van der Waals surface area contributed by atoms with E-state index in [0.717, 1.165) is 33.5 Å². The minimum atomic E-state index is -0.251. The highest BCUT2D eigenvalue weighted by Crippen LogP contribution is 2.52. The second-order valence-corrected chi connectivity index (χ2v) is 8.73. The van der Waals surface area contributed by atoms with Crippen LogP contribution in [0.2, 0.25) is 0 Å². The molecule has 2 aromatic carbocycles. The van der Waals surface area contributed by atoms with E-state index >= 15 is 0 Å². The van der Waals surface area contributed by atoms with Crippen LogP contribution in [0.15, 0.2) is 72.0 Å². The fraction of sp³-hybridized carbons (Fsp3) is 0.231. The maximum atomic E-state index is 12.9. The maximum absolute atomic E-state index is 12.9. The lowest BCUT2D eigenvalue weighted by Gasteiger charge is -2.13. The van der Waals surface area contributed by atoms with Crippen LogP contribution in [0.4, 0.5) is 0 Å². The van der Waals surface area contributed by atoms with Crippen molar-refractivity contribution < 1.29 is 9.59 Å². The summed E-state index contributed by atoms with van der Waals surface area (Å²) in [6, 6.07) is 17.7. The molecule has 6 nitrogen and oxygen atoms in total. The van der Waals surface area contributed by atoms with E-state index in [1.807, 2.05) is 54.7 Å². The summed E-state index contributed by atoms with van der Waals surface area (Å²) in [7, 11) is 0. The molecule has 2 amide bonds. The summed E-state index contributed by atoms with van der Waals surface area (Å²) in [6.07, 6.45) is 8.64. The Morgan fingerprint density at radius 1 is 1.00 bits per heavy atom. The number of benzene rings is 2. The van der Waals surface area contributed by atoms with Gasteiger partial charge in [-0.25, -0.2) is 0 Å². The number of fused-ring (bicyclic) bond motifs is 6. The molecule has 1 saturated heterocycles. The number of para-hydroxylation sites is 1. The Labute approximate surface area is 185 Å². The third-order valence-electron chi connectivity index (χ3n) is 7.06. The van der Waals surface area contributed by atoms with E-state index in [2.05, 4.69) is 27.9 Å². The van der Waals surface area contributed by atoms with Gasteiger partial charge in [0.05, 0.1) is 29.7 Å². The quantitative estimate of drug-likeness (QED) is 0.367. The Morgan fingerprint density at radius 2 is 1.69 bits per heavy atom. The summed E-state index contributed by atoms with van der Waals surface area (Å²) >= 11 is 0. The van der Waals surface area contributed by atoms with Gasteiger partial charge in [0, 0.05) is 29.2 Å². The van der Waals surface area contributed by atoms with Crippen LogP contribution in [-0.2, 0) is 16.1 Å². The second-order valence-electron chi connectivity index (χ2n) is 8.73. The molecule has 6 heteroatoms. The minimum absolute atomic E-state index is 0.170. The summed E-state index contributed by atoms with van der Waals surface area (Å²) < 4.78 is 2.07. The van der Waals surface area contributed by atoms with Crippen molar-refractivity contribution in [2.24, 2.45) is 28.8 Å². The van der Waals surface area contributed by atoms with Crippen molar-refractivity contribution in [3.05, 3.63) is 83.6 Å². The summed E-state index contributed by atoms with van der Waals surface area (Å²) in [4.78, 5) is 25.8. The molecule has 2 aliphatic carbocycles. The Bertz CT molecular complexity index is 1350. The van der Waals surface area contributed by atoms with E-state index in [9.17, 15) is 14.9 Å². The minimum Gasteiger partial charge on any atom is -0.342 e. The van der Waals surface area contributed by atoms with Gasteiger partial charge in [-0.1, -0.05) is 48.6 Å². The number of hydrogen-bond donors (Lipinski definition) is 0. The number of nitrogens with zero attached hydrogens (tertiary/aromatic N) is 4. The van der Waals surface area contributed by atoms with Gasteiger partial charge in [-0.05, 0) is 36.0 Å². The van der Waals surface area contributed by atoms with E-state index in [1.165, 1.54) is 0 Å². The Kier molecular flexibility index (Phi) is 4.12. The zero-order chi connectivity index (χ0) is 21.8. The summed E-state index contributed by atoms with van der Waals surface area (Å²) in [5.41, 5.74) is 3.40. The van der Waals surface area contributed by atoms with E-state index < -0.39 is 0 Å². The standard InChI is InChI=1S/C26H20N4O2/c27-12-18-5-1-2-6-19(18)14-29-15-20(21-7-3-4-8-22(21)29)13-28-30-25(31)23-16-9-10-17(11-16)24(23)26(30)32/h1-10,13,15-17,23-24H,11,14H2/b28-13-/t16-,17-,23+,24+/m0/s1. The molecule has 0 N–H and O–H groups in total. The van der Waals surface area contributed by atoms with Crippen molar-refractivity contribution in [3.8, 4) is 6.07 Å². The normalized spacial score (nSPS) is 25.9. The molecule has 1 aromatic heterocycles. The van der Waals surface area contributed by atoms with Crippen LogP contribution in [-0.4, -0.2) is 27.6 Å². The molecule has 3 aliphatic rings. The van der Waals surface area contributed by atoms with Crippen LogP contribution in [0, 0.1) is 35.0 Å². The monoisotopic (exact) mass is 420 g/mol. The Hall–Kier alpha value is -3.98. The molecule has 6 rings (SSSR count). The third kappa shape index (κ3) is 2.68. The Balaban J connectivity index is 1.33. The van der Waals surface area contributed by atoms with Gasteiger partial charge in [0.15, 0.2) is 0 Å². The summed E-state index contributed by atoms with van der Waals surface area (Å²) in [5.74, 6) is -0.524. The van der Waals surface area contributed by atoms with Crippen molar-refractivity contribution in [2.75, 3.05) is 0 Å². The highest BCUT2D eigenvalue weighted by atomic mass is 16.2. The number of rotatable bonds is 4. The van der Waals surface area contributed by atoms with E-state index in [1.54, 1.807) is 6.21 Å². The van der Waals surface area contributed by atoms with Crippen molar-refractivity contribution in [3.63, 3.8) is 0 Å². The van der Waals surface area contributed by atoms with Gasteiger partial charge >= 0.3 is 0 Å². The number of imide groups is 1. The number of amides is 2. The molecule has 156 valence electrons. The van der Waals surface area contributed by atoms with E-state index in [0.29, 0.717) is 12.1 Å². The van der Waals surface area contributed by atoms with Crippen molar-refractivity contribution in [2.45, 2.75) is 13.0 Å². The highest BCUT2D eigenvalue weighted by Gasteiger charge is 2.59. The van der Waals surface area contributed by atoms with Crippen LogP contribution >= 0.6 is 0 Å². The van der Waals surface area contributed by atoms with Gasteiger partial charge in [-0.2, -0.15) is 15.4 Å². The van der Waals surface area contributed by atoms with Crippen molar-refractivity contribution in [1.82, 2.24) is 9.58 Å². The van der Waals surface area contributed by atoms with Gasteiger partial charge in [-0.15, -0.1) is 0 Å². The molecule has 2 heterocycles. The SMILES string of the molecule is N#Cc1ccccc1Cn1cc(/C=N\N2C(=O)[C@H]3[C@H](C2=O)[C@H]2C=C[C@H]3C2)c2ccccc21. The predicted octanol–water partition coefficient (Wildman–Crippen LogP) is 3.70. The third-order valence-corrected chi connectivity index (χ3v) is 7.06. The molecule has 1 aliphatic heterocycles. The van der Waals surface area contributed by atoms with Crippen LogP contribution in [0.25, 0.3) is 10.9 Å². The molecular weight excluding hydrogens is 400 g/mol. The van der Waals surface area contributed by atoms with E-state index in [-0.39, 0.29) is 35.5 Å². The van der Waals surface area contributed by atoms with Gasteiger partial charge in [0.2, 0.25) is 0 Å². The van der Waals surface area contributed by atoms with Gasteiger partial charge in [-0.3, -0.25) is 9.59 Å². The lowest BCUT2D eigenvalue weighted by molar-refractivity contribution is -0.140. The first-order chi connectivity index (χ1) is 15.7. The second kappa shape index (κ2) is 7.03. The molecule has 32 heavy (non-hydrogen) atoms. The fourth-order valence-electron chi connectivity index (χ4n) is 5.58. The molecule has 0 unspecified atom stereocenters. The number of carbonyl (C=O) groups is 2.